The SMILES string of the molecule is O=c1nc(OCc2cc(F)c(Cc3ccnc(C(F)(F)F)c3)c(F)c2)cc2n1CCC1COCCN21. The summed E-state index contributed by atoms with van der Waals surface area (Å²) < 4.78 is 80.7. The summed E-state index contributed by atoms with van der Waals surface area (Å²) in [6.07, 6.45) is -3.33. The van der Waals surface area contributed by atoms with E-state index in [0.29, 0.717) is 32.1 Å². The van der Waals surface area contributed by atoms with Crippen molar-refractivity contribution >= 4 is 5.82 Å². The van der Waals surface area contributed by atoms with Gasteiger partial charge in [0.15, 0.2) is 0 Å². The minimum Gasteiger partial charge on any atom is -0.473 e. The van der Waals surface area contributed by atoms with Crippen LogP contribution in [0.3, 0.4) is 0 Å². The first kappa shape index (κ1) is 24.2. The Hall–Kier alpha value is -3.54. The fraction of sp³-hybridized carbons (Fsp3) is 0.375. The molecule has 5 rings (SSSR count). The maximum atomic E-state index is 14.7. The number of nitrogens with zero attached hydrogens (tertiary/aromatic N) is 4. The zero-order valence-electron chi connectivity index (χ0n) is 18.9. The standard InChI is InChI=1S/C24H21F5N4O3/c25-18-8-15(9-19(26)17(18)7-14-1-3-30-20(10-14)24(27,28)29)12-36-21-11-22-32-5-6-35-13-16(32)2-4-33(22)23(34)31-21/h1,3,8-11,16H,2,4-7,12-13H2. The molecule has 7 nitrogen and oxygen atoms in total. The van der Waals surface area contributed by atoms with Crippen LogP contribution in [-0.2, 0) is 30.5 Å². The molecule has 1 saturated heterocycles. The van der Waals surface area contributed by atoms with E-state index in [2.05, 4.69) is 14.9 Å². The van der Waals surface area contributed by atoms with Gasteiger partial charge < -0.3 is 14.4 Å². The predicted molar refractivity (Wildman–Crippen MR) is 118 cm³/mol. The van der Waals surface area contributed by atoms with Crippen molar-refractivity contribution in [3.63, 3.8) is 0 Å². The Balaban J connectivity index is 1.32. The van der Waals surface area contributed by atoms with Crippen molar-refractivity contribution < 1.29 is 31.4 Å². The van der Waals surface area contributed by atoms with Gasteiger partial charge in [-0.25, -0.2) is 13.6 Å². The lowest BCUT2D eigenvalue weighted by Crippen LogP contribution is -2.51. The Morgan fingerprint density at radius 3 is 2.61 bits per heavy atom. The van der Waals surface area contributed by atoms with Crippen molar-refractivity contribution in [3.8, 4) is 5.88 Å². The Bertz CT molecular complexity index is 1320. The molecule has 2 aliphatic heterocycles. The highest BCUT2D eigenvalue weighted by Gasteiger charge is 2.33. The van der Waals surface area contributed by atoms with Gasteiger partial charge in [-0.15, -0.1) is 0 Å². The molecule has 2 aromatic heterocycles. The number of pyridine rings is 1. The highest BCUT2D eigenvalue weighted by Crippen LogP contribution is 2.30. The third-order valence-electron chi connectivity index (χ3n) is 6.26. The molecule has 0 spiro atoms. The number of ether oxygens (including phenoxy) is 2. The van der Waals surface area contributed by atoms with Gasteiger partial charge in [-0.2, -0.15) is 18.2 Å². The van der Waals surface area contributed by atoms with E-state index in [9.17, 15) is 26.7 Å². The monoisotopic (exact) mass is 508 g/mol. The van der Waals surface area contributed by atoms with Gasteiger partial charge >= 0.3 is 11.9 Å². The summed E-state index contributed by atoms with van der Waals surface area (Å²) in [5.41, 5.74) is -1.78. The van der Waals surface area contributed by atoms with Crippen molar-refractivity contribution in [2.24, 2.45) is 0 Å². The molecule has 1 aromatic carbocycles. The Morgan fingerprint density at radius 2 is 1.86 bits per heavy atom. The summed E-state index contributed by atoms with van der Waals surface area (Å²) >= 11 is 0. The molecule has 0 saturated carbocycles. The van der Waals surface area contributed by atoms with Crippen LogP contribution in [0.2, 0.25) is 0 Å². The number of hydrogen-bond acceptors (Lipinski definition) is 6. The lowest BCUT2D eigenvalue weighted by Gasteiger charge is -2.41. The Morgan fingerprint density at radius 1 is 1.08 bits per heavy atom. The first-order valence-electron chi connectivity index (χ1n) is 11.3. The lowest BCUT2D eigenvalue weighted by molar-refractivity contribution is -0.141. The second-order valence-corrected chi connectivity index (χ2v) is 8.65. The molecule has 0 amide bonds. The Kier molecular flexibility index (Phi) is 6.37. The number of rotatable bonds is 5. The molecule has 2 aliphatic rings. The minimum atomic E-state index is -4.66. The summed E-state index contributed by atoms with van der Waals surface area (Å²) in [6, 6.07) is 5.90. The van der Waals surface area contributed by atoms with Gasteiger partial charge in [0, 0.05) is 37.3 Å². The molecule has 0 aliphatic carbocycles. The largest absolute Gasteiger partial charge is 0.473 e. The van der Waals surface area contributed by atoms with Gasteiger partial charge in [0.1, 0.15) is 29.8 Å². The summed E-state index contributed by atoms with van der Waals surface area (Å²) in [7, 11) is 0. The maximum absolute atomic E-state index is 14.7. The molecule has 36 heavy (non-hydrogen) atoms. The molecule has 0 N–H and O–H groups in total. The minimum absolute atomic E-state index is 0.0275. The number of halogens is 5. The highest BCUT2D eigenvalue weighted by atomic mass is 19.4. The fourth-order valence-electron chi connectivity index (χ4n) is 4.48. The lowest BCUT2D eigenvalue weighted by atomic mass is 10.0. The van der Waals surface area contributed by atoms with Crippen LogP contribution < -0.4 is 15.3 Å². The van der Waals surface area contributed by atoms with E-state index < -0.39 is 29.2 Å². The van der Waals surface area contributed by atoms with Gasteiger partial charge in [0.2, 0.25) is 5.88 Å². The highest BCUT2D eigenvalue weighted by molar-refractivity contribution is 5.45. The molecule has 0 radical (unpaired) electrons. The van der Waals surface area contributed by atoms with E-state index in [1.807, 2.05) is 0 Å². The van der Waals surface area contributed by atoms with Gasteiger partial charge in [0.25, 0.3) is 0 Å². The molecule has 1 unspecified atom stereocenters. The summed E-state index contributed by atoms with van der Waals surface area (Å²) in [6.45, 7) is 1.96. The van der Waals surface area contributed by atoms with Crippen molar-refractivity contribution in [2.75, 3.05) is 24.7 Å². The molecule has 190 valence electrons. The van der Waals surface area contributed by atoms with Crippen LogP contribution in [0.25, 0.3) is 0 Å². The van der Waals surface area contributed by atoms with E-state index >= 15 is 0 Å². The molecule has 12 heteroatoms. The predicted octanol–water partition coefficient (Wildman–Crippen LogP) is 3.71. The number of aromatic nitrogens is 3. The smallest absolute Gasteiger partial charge is 0.433 e. The first-order chi connectivity index (χ1) is 17.2. The van der Waals surface area contributed by atoms with Gasteiger partial charge in [-0.1, -0.05) is 0 Å². The average molecular weight is 508 g/mol. The second-order valence-electron chi connectivity index (χ2n) is 8.65. The summed E-state index contributed by atoms with van der Waals surface area (Å²) in [4.78, 5) is 21.8. The van der Waals surface area contributed by atoms with Crippen LogP contribution in [0.15, 0.2) is 41.3 Å². The third kappa shape index (κ3) is 4.90. The number of fused-ring (bicyclic) bond motifs is 3. The quantitative estimate of drug-likeness (QED) is 0.490. The molecule has 3 aromatic rings. The number of benzene rings is 1. The van der Waals surface area contributed by atoms with E-state index in [4.69, 9.17) is 9.47 Å². The van der Waals surface area contributed by atoms with Crippen LogP contribution in [-0.4, -0.2) is 40.3 Å². The first-order valence-corrected chi connectivity index (χ1v) is 11.3. The number of alkyl halides is 3. The van der Waals surface area contributed by atoms with Crippen molar-refractivity contribution in [1.82, 2.24) is 14.5 Å². The van der Waals surface area contributed by atoms with Crippen LogP contribution in [0.4, 0.5) is 27.8 Å². The number of anilines is 1. The number of hydrogen-bond donors (Lipinski definition) is 0. The molecular formula is C24H21F5N4O3. The molecule has 4 heterocycles. The van der Waals surface area contributed by atoms with Crippen LogP contribution >= 0.6 is 0 Å². The zero-order valence-corrected chi connectivity index (χ0v) is 18.9. The van der Waals surface area contributed by atoms with Gasteiger partial charge in [-0.3, -0.25) is 9.55 Å². The molecule has 1 fully saturated rings. The van der Waals surface area contributed by atoms with E-state index in [1.165, 1.54) is 6.07 Å². The second kappa shape index (κ2) is 9.49. The molecule has 0 bridgehead atoms. The van der Waals surface area contributed by atoms with Crippen molar-refractivity contribution in [3.05, 3.63) is 81.0 Å². The normalized spacial score (nSPS) is 17.5. The Labute approximate surface area is 202 Å². The number of morpholine rings is 1. The topological polar surface area (TPSA) is 69.5 Å². The fourth-order valence-corrected chi connectivity index (χ4v) is 4.48. The van der Waals surface area contributed by atoms with Gasteiger partial charge in [0.05, 0.1) is 19.3 Å². The van der Waals surface area contributed by atoms with Gasteiger partial charge in [-0.05, 0) is 41.8 Å². The molecule has 1 atom stereocenters. The zero-order chi connectivity index (χ0) is 25.4. The van der Waals surface area contributed by atoms with Crippen LogP contribution in [0.1, 0.15) is 28.8 Å². The van der Waals surface area contributed by atoms with E-state index in [0.717, 1.165) is 30.8 Å². The van der Waals surface area contributed by atoms with E-state index in [1.54, 1.807) is 10.6 Å². The van der Waals surface area contributed by atoms with Crippen LogP contribution in [0, 0.1) is 11.6 Å². The maximum Gasteiger partial charge on any atom is 0.433 e. The third-order valence-corrected chi connectivity index (χ3v) is 6.26. The summed E-state index contributed by atoms with van der Waals surface area (Å²) in [5.74, 6) is -1.16. The van der Waals surface area contributed by atoms with Crippen molar-refractivity contribution in [1.29, 1.82) is 0 Å². The van der Waals surface area contributed by atoms with Crippen LogP contribution in [0.5, 0.6) is 5.88 Å². The average Bonchev–Trinajstić information content (AvgIpc) is 2.84. The van der Waals surface area contributed by atoms with E-state index in [-0.39, 0.29) is 41.6 Å². The van der Waals surface area contributed by atoms with Crippen molar-refractivity contribution in [2.45, 2.75) is 38.2 Å². The molecular weight excluding hydrogens is 487 g/mol. The summed E-state index contributed by atoms with van der Waals surface area (Å²) in [5, 5.41) is 0.